The highest BCUT2D eigenvalue weighted by atomic mass is 16.5. The van der Waals surface area contributed by atoms with Crippen LogP contribution in [0.3, 0.4) is 0 Å². The standard InChI is InChI=1S/C18H16N2O/c1-21-17-11-8-14(9-12-17)7-10-16-13-18(20-19-16)15-5-3-2-4-6-15/h2-13H,1H3,(H,19,20)/b10-7+. The van der Waals surface area contributed by atoms with E-state index in [2.05, 4.69) is 10.2 Å². The molecule has 0 aliphatic carbocycles. The molecule has 0 amide bonds. The van der Waals surface area contributed by atoms with Gasteiger partial charge in [0.05, 0.1) is 18.5 Å². The van der Waals surface area contributed by atoms with Crippen LogP contribution in [0, 0.1) is 0 Å². The summed E-state index contributed by atoms with van der Waals surface area (Å²) in [6.07, 6.45) is 4.06. The van der Waals surface area contributed by atoms with E-state index in [0.29, 0.717) is 0 Å². The maximum Gasteiger partial charge on any atom is 0.118 e. The van der Waals surface area contributed by atoms with Crippen molar-refractivity contribution in [1.82, 2.24) is 10.2 Å². The Morgan fingerprint density at radius 3 is 2.43 bits per heavy atom. The molecule has 1 heterocycles. The van der Waals surface area contributed by atoms with Crippen LogP contribution in [0.1, 0.15) is 11.3 Å². The highest BCUT2D eigenvalue weighted by Crippen LogP contribution is 2.18. The van der Waals surface area contributed by atoms with E-state index in [0.717, 1.165) is 28.3 Å². The lowest BCUT2D eigenvalue weighted by molar-refractivity contribution is 0.415. The van der Waals surface area contributed by atoms with E-state index in [4.69, 9.17) is 4.74 Å². The summed E-state index contributed by atoms with van der Waals surface area (Å²) in [5.74, 6) is 0.861. The molecule has 0 aliphatic rings. The van der Waals surface area contributed by atoms with Crippen molar-refractivity contribution in [1.29, 1.82) is 0 Å². The van der Waals surface area contributed by atoms with Gasteiger partial charge in [0.15, 0.2) is 0 Å². The smallest absolute Gasteiger partial charge is 0.118 e. The molecule has 21 heavy (non-hydrogen) atoms. The Morgan fingerprint density at radius 2 is 1.71 bits per heavy atom. The SMILES string of the molecule is COc1ccc(/C=C/c2cc(-c3ccccc3)n[nH]2)cc1. The van der Waals surface area contributed by atoms with Gasteiger partial charge in [-0.1, -0.05) is 48.5 Å². The highest BCUT2D eigenvalue weighted by Gasteiger charge is 2.00. The summed E-state index contributed by atoms with van der Waals surface area (Å²) in [5, 5.41) is 7.37. The molecular weight excluding hydrogens is 260 g/mol. The first-order chi connectivity index (χ1) is 10.3. The van der Waals surface area contributed by atoms with Crippen molar-refractivity contribution in [3.63, 3.8) is 0 Å². The van der Waals surface area contributed by atoms with Crippen LogP contribution in [0.15, 0.2) is 60.7 Å². The third kappa shape index (κ3) is 3.20. The van der Waals surface area contributed by atoms with E-state index in [1.807, 2.05) is 72.8 Å². The van der Waals surface area contributed by atoms with Crippen molar-refractivity contribution in [3.05, 3.63) is 71.9 Å². The van der Waals surface area contributed by atoms with Gasteiger partial charge in [-0.15, -0.1) is 0 Å². The molecule has 0 spiro atoms. The molecule has 0 saturated heterocycles. The fourth-order valence-corrected chi connectivity index (χ4v) is 2.08. The fraction of sp³-hybridized carbons (Fsp3) is 0.0556. The first-order valence-electron chi connectivity index (χ1n) is 6.78. The van der Waals surface area contributed by atoms with Crippen LogP contribution in [0.2, 0.25) is 0 Å². The molecule has 0 unspecified atom stereocenters. The zero-order valence-electron chi connectivity index (χ0n) is 11.8. The molecule has 3 nitrogen and oxygen atoms in total. The molecule has 0 aliphatic heterocycles. The molecule has 3 heteroatoms. The number of rotatable bonds is 4. The summed E-state index contributed by atoms with van der Waals surface area (Å²) < 4.78 is 5.14. The van der Waals surface area contributed by atoms with Crippen molar-refractivity contribution in [2.45, 2.75) is 0 Å². The zero-order chi connectivity index (χ0) is 14.5. The minimum atomic E-state index is 0.861. The Kier molecular flexibility index (Phi) is 3.83. The maximum atomic E-state index is 5.14. The lowest BCUT2D eigenvalue weighted by atomic mass is 10.1. The van der Waals surface area contributed by atoms with Gasteiger partial charge in [0.1, 0.15) is 5.75 Å². The molecule has 0 saturated carbocycles. The van der Waals surface area contributed by atoms with Gasteiger partial charge in [-0.25, -0.2) is 0 Å². The predicted octanol–water partition coefficient (Wildman–Crippen LogP) is 4.26. The molecule has 0 radical (unpaired) electrons. The second-order valence-electron chi connectivity index (χ2n) is 4.68. The Hall–Kier alpha value is -2.81. The van der Waals surface area contributed by atoms with Crippen LogP contribution in [-0.4, -0.2) is 17.3 Å². The highest BCUT2D eigenvalue weighted by molar-refractivity contribution is 5.71. The summed E-state index contributed by atoms with van der Waals surface area (Å²) in [7, 11) is 1.67. The third-order valence-electron chi connectivity index (χ3n) is 3.24. The monoisotopic (exact) mass is 276 g/mol. The Morgan fingerprint density at radius 1 is 0.952 bits per heavy atom. The number of nitrogens with one attached hydrogen (secondary N) is 1. The minimum Gasteiger partial charge on any atom is -0.497 e. The molecule has 104 valence electrons. The van der Waals surface area contributed by atoms with E-state index < -0.39 is 0 Å². The number of ether oxygens (including phenoxy) is 1. The number of aromatic nitrogens is 2. The average molecular weight is 276 g/mol. The summed E-state index contributed by atoms with van der Waals surface area (Å²) in [5.41, 5.74) is 4.15. The summed E-state index contributed by atoms with van der Waals surface area (Å²) >= 11 is 0. The molecule has 1 aromatic heterocycles. The Balaban J connectivity index is 1.76. The largest absolute Gasteiger partial charge is 0.497 e. The van der Waals surface area contributed by atoms with Crippen molar-refractivity contribution in [2.75, 3.05) is 7.11 Å². The van der Waals surface area contributed by atoms with Gasteiger partial charge >= 0.3 is 0 Å². The number of hydrogen-bond acceptors (Lipinski definition) is 2. The van der Waals surface area contributed by atoms with E-state index in [1.54, 1.807) is 7.11 Å². The number of aromatic amines is 1. The Labute approximate surface area is 123 Å². The molecule has 3 aromatic rings. The van der Waals surface area contributed by atoms with Gasteiger partial charge in [0, 0.05) is 5.56 Å². The van der Waals surface area contributed by atoms with E-state index in [1.165, 1.54) is 0 Å². The first kappa shape index (κ1) is 13.2. The van der Waals surface area contributed by atoms with Gasteiger partial charge in [-0.05, 0) is 29.8 Å². The summed E-state index contributed by atoms with van der Waals surface area (Å²) in [6, 6.07) is 20.1. The van der Waals surface area contributed by atoms with Gasteiger partial charge in [0.2, 0.25) is 0 Å². The third-order valence-corrected chi connectivity index (χ3v) is 3.24. The number of hydrogen-bond donors (Lipinski definition) is 1. The van der Waals surface area contributed by atoms with Crippen LogP contribution in [0.25, 0.3) is 23.4 Å². The molecule has 0 atom stereocenters. The second kappa shape index (κ2) is 6.09. The molecular formula is C18H16N2O. The Bertz CT molecular complexity index is 727. The molecule has 2 aromatic carbocycles. The lowest BCUT2D eigenvalue weighted by Crippen LogP contribution is -1.81. The van der Waals surface area contributed by atoms with Crippen LogP contribution in [0.5, 0.6) is 5.75 Å². The topological polar surface area (TPSA) is 37.9 Å². The van der Waals surface area contributed by atoms with Crippen molar-refractivity contribution >= 4 is 12.2 Å². The lowest BCUT2D eigenvalue weighted by Gasteiger charge is -1.98. The second-order valence-corrected chi connectivity index (χ2v) is 4.68. The van der Waals surface area contributed by atoms with Crippen molar-refractivity contribution < 1.29 is 4.74 Å². The van der Waals surface area contributed by atoms with Crippen LogP contribution in [-0.2, 0) is 0 Å². The number of H-pyrrole nitrogens is 1. The van der Waals surface area contributed by atoms with E-state index in [-0.39, 0.29) is 0 Å². The fourth-order valence-electron chi connectivity index (χ4n) is 2.08. The van der Waals surface area contributed by atoms with Gasteiger partial charge in [-0.2, -0.15) is 5.10 Å². The van der Waals surface area contributed by atoms with Crippen LogP contribution in [0.4, 0.5) is 0 Å². The zero-order valence-corrected chi connectivity index (χ0v) is 11.8. The molecule has 0 fully saturated rings. The van der Waals surface area contributed by atoms with Crippen molar-refractivity contribution in [3.8, 4) is 17.0 Å². The van der Waals surface area contributed by atoms with E-state index in [9.17, 15) is 0 Å². The number of nitrogens with zero attached hydrogens (tertiary/aromatic N) is 1. The predicted molar refractivity (Wildman–Crippen MR) is 85.9 cm³/mol. The van der Waals surface area contributed by atoms with Gasteiger partial charge < -0.3 is 4.74 Å². The minimum absolute atomic E-state index is 0.861. The quantitative estimate of drug-likeness (QED) is 0.773. The molecule has 3 rings (SSSR count). The normalized spacial score (nSPS) is 10.9. The summed E-state index contributed by atoms with van der Waals surface area (Å²) in [4.78, 5) is 0. The summed E-state index contributed by atoms with van der Waals surface area (Å²) in [6.45, 7) is 0. The van der Waals surface area contributed by atoms with Crippen LogP contribution < -0.4 is 4.74 Å². The van der Waals surface area contributed by atoms with E-state index >= 15 is 0 Å². The first-order valence-corrected chi connectivity index (χ1v) is 6.78. The maximum absolute atomic E-state index is 5.14. The van der Waals surface area contributed by atoms with Crippen molar-refractivity contribution in [2.24, 2.45) is 0 Å². The molecule has 1 N–H and O–H groups in total. The number of benzene rings is 2. The van der Waals surface area contributed by atoms with Gasteiger partial charge in [-0.3, -0.25) is 5.10 Å². The molecule has 0 bridgehead atoms. The number of methoxy groups -OCH3 is 1. The van der Waals surface area contributed by atoms with Gasteiger partial charge in [0.25, 0.3) is 0 Å². The van der Waals surface area contributed by atoms with Crippen LogP contribution >= 0.6 is 0 Å². The average Bonchev–Trinajstić information content (AvgIpc) is 3.03.